The molecule has 1 aromatic carbocycles. The van der Waals surface area contributed by atoms with Gasteiger partial charge < -0.3 is 4.74 Å². The number of imide groups is 1. The second-order valence-corrected chi connectivity index (χ2v) is 7.12. The quantitative estimate of drug-likeness (QED) is 0.560. The summed E-state index contributed by atoms with van der Waals surface area (Å²) in [6.07, 6.45) is 0. The van der Waals surface area contributed by atoms with Crippen LogP contribution in [0.1, 0.15) is 25.6 Å². The minimum Gasteiger partial charge on any atom is -0.463 e. The van der Waals surface area contributed by atoms with Gasteiger partial charge in [0.25, 0.3) is 11.8 Å². The van der Waals surface area contributed by atoms with Crippen molar-refractivity contribution in [2.75, 3.05) is 18.9 Å². The van der Waals surface area contributed by atoms with Gasteiger partial charge >= 0.3 is 5.97 Å². The predicted octanol–water partition coefficient (Wildman–Crippen LogP) is 2.82. The van der Waals surface area contributed by atoms with Crippen LogP contribution in [-0.2, 0) is 15.3 Å². The van der Waals surface area contributed by atoms with Crippen LogP contribution < -0.4 is 0 Å². The Labute approximate surface area is 147 Å². The van der Waals surface area contributed by atoms with Crippen LogP contribution in [0.2, 0.25) is 0 Å². The Balaban J connectivity index is 1.41. The van der Waals surface area contributed by atoms with Gasteiger partial charge in [0.1, 0.15) is 6.61 Å². The first-order chi connectivity index (χ1) is 11.7. The van der Waals surface area contributed by atoms with E-state index in [1.807, 2.05) is 17.5 Å². The number of rotatable bonds is 7. The Morgan fingerprint density at radius 1 is 1.08 bits per heavy atom. The van der Waals surface area contributed by atoms with Crippen molar-refractivity contribution in [2.24, 2.45) is 0 Å². The van der Waals surface area contributed by atoms with Crippen molar-refractivity contribution < 1.29 is 19.1 Å². The van der Waals surface area contributed by atoms with E-state index in [9.17, 15) is 14.4 Å². The lowest BCUT2D eigenvalue weighted by atomic mass is 10.1. The summed E-state index contributed by atoms with van der Waals surface area (Å²) in [7, 11) is 0. The van der Waals surface area contributed by atoms with Crippen LogP contribution in [0.5, 0.6) is 0 Å². The highest BCUT2D eigenvalue weighted by Gasteiger charge is 2.34. The normalized spacial score (nSPS) is 13.2. The number of esters is 1. The fourth-order valence-corrected chi connectivity index (χ4v) is 4.03. The summed E-state index contributed by atoms with van der Waals surface area (Å²) in [6, 6.07) is 10.7. The van der Waals surface area contributed by atoms with Gasteiger partial charge in [-0.05, 0) is 23.6 Å². The highest BCUT2D eigenvalue weighted by Crippen LogP contribution is 2.22. The highest BCUT2D eigenvalue weighted by atomic mass is 32.2. The lowest BCUT2D eigenvalue weighted by molar-refractivity contribution is -0.140. The molecule has 0 aliphatic carbocycles. The molecule has 0 saturated heterocycles. The SMILES string of the molecule is O=C(CSCc1cccs1)OCCN1C(=O)c2ccccc2C1=O. The van der Waals surface area contributed by atoms with Gasteiger partial charge in [-0.15, -0.1) is 23.1 Å². The van der Waals surface area contributed by atoms with Crippen LogP contribution >= 0.6 is 23.1 Å². The molecule has 0 N–H and O–H groups in total. The van der Waals surface area contributed by atoms with Crippen LogP contribution in [0, 0.1) is 0 Å². The molecule has 0 bridgehead atoms. The summed E-state index contributed by atoms with van der Waals surface area (Å²) < 4.78 is 5.12. The third kappa shape index (κ3) is 3.68. The molecule has 2 amide bonds. The zero-order chi connectivity index (χ0) is 16.9. The minimum absolute atomic E-state index is 0.0177. The second-order valence-electron chi connectivity index (χ2n) is 5.10. The lowest BCUT2D eigenvalue weighted by Crippen LogP contribution is -2.33. The summed E-state index contributed by atoms with van der Waals surface area (Å²) in [6.45, 7) is 0.0948. The Morgan fingerprint density at radius 3 is 2.42 bits per heavy atom. The van der Waals surface area contributed by atoms with Crippen molar-refractivity contribution in [1.29, 1.82) is 0 Å². The Kier molecular flexibility index (Phi) is 5.32. The summed E-state index contributed by atoms with van der Waals surface area (Å²) in [5, 5.41) is 2.00. The van der Waals surface area contributed by atoms with Gasteiger partial charge in [0.05, 0.1) is 23.4 Å². The zero-order valence-corrected chi connectivity index (χ0v) is 14.4. The van der Waals surface area contributed by atoms with Gasteiger partial charge in [0.15, 0.2) is 0 Å². The average molecular weight is 361 g/mol. The molecule has 2 aromatic rings. The standard InChI is InChI=1S/C17H15NO4S2/c19-15(11-23-10-12-4-3-9-24-12)22-8-7-18-16(20)13-5-1-2-6-14(13)17(18)21/h1-6,9H,7-8,10-11H2. The van der Waals surface area contributed by atoms with Crippen LogP contribution in [0.15, 0.2) is 41.8 Å². The topological polar surface area (TPSA) is 63.7 Å². The number of thiophene rings is 1. The third-order valence-electron chi connectivity index (χ3n) is 3.50. The summed E-state index contributed by atoms with van der Waals surface area (Å²) in [5.41, 5.74) is 0.806. The molecule has 3 rings (SSSR count). The smallest absolute Gasteiger partial charge is 0.315 e. The van der Waals surface area contributed by atoms with E-state index in [1.165, 1.54) is 16.6 Å². The van der Waals surface area contributed by atoms with Crippen molar-refractivity contribution in [3.63, 3.8) is 0 Å². The molecule has 0 saturated carbocycles. The first-order valence-corrected chi connectivity index (χ1v) is 9.41. The van der Waals surface area contributed by atoms with E-state index in [-0.39, 0.29) is 36.7 Å². The van der Waals surface area contributed by atoms with Crippen LogP contribution in [0.3, 0.4) is 0 Å². The van der Waals surface area contributed by atoms with E-state index in [1.54, 1.807) is 35.6 Å². The van der Waals surface area contributed by atoms with Gasteiger partial charge in [0.2, 0.25) is 0 Å². The fourth-order valence-electron chi connectivity index (χ4n) is 2.36. The zero-order valence-electron chi connectivity index (χ0n) is 12.8. The summed E-state index contributed by atoms with van der Waals surface area (Å²) in [5.74, 6) is 0.0103. The molecule has 124 valence electrons. The molecule has 24 heavy (non-hydrogen) atoms. The number of benzene rings is 1. The molecule has 0 spiro atoms. The van der Waals surface area contributed by atoms with Gasteiger partial charge in [-0.25, -0.2) is 0 Å². The van der Waals surface area contributed by atoms with Gasteiger partial charge in [-0.1, -0.05) is 18.2 Å². The largest absolute Gasteiger partial charge is 0.463 e. The van der Waals surface area contributed by atoms with E-state index >= 15 is 0 Å². The number of carbonyl (C=O) groups excluding carboxylic acids is 3. The minimum atomic E-state index is -0.340. The number of amides is 2. The van der Waals surface area contributed by atoms with Crippen molar-refractivity contribution in [3.8, 4) is 0 Å². The van der Waals surface area contributed by atoms with Crippen LogP contribution in [0.4, 0.5) is 0 Å². The highest BCUT2D eigenvalue weighted by molar-refractivity contribution is 7.99. The molecule has 1 aliphatic heterocycles. The van der Waals surface area contributed by atoms with Crippen molar-refractivity contribution in [1.82, 2.24) is 4.90 Å². The van der Waals surface area contributed by atoms with Crippen LogP contribution in [0.25, 0.3) is 0 Å². The Hall–Kier alpha value is -2.12. The maximum Gasteiger partial charge on any atom is 0.315 e. The number of thioether (sulfide) groups is 1. The summed E-state index contributed by atoms with van der Waals surface area (Å²) >= 11 is 3.13. The van der Waals surface area contributed by atoms with Gasteiger partial charge in [-0.3, -0.25) is 19.3 Å². The molecule has 0 radical (unpaired) electrons. The summed E-state index contributed by atoms with van der Waals surface area (Å²) in [4.78, 5) is 38.3. The van der Waals surface area contributed by atoms with E-state index in [0.29, 0.717) is 11.1 Å². The third-order valence-corrected chi connectivity index (χ3v) is 5.51. The first-order valence-electron chi connectivity index (χ1n) is 7.38. The van der Waals surface area contributed by atoms with Crippen molar-refractivity contribution >= 4 is 40.9 Å². The lowest BCUT2D eigenvalue weighted by Gasteiger charge is -2.13. The maximum absolute atomic E-state index is 12.1. The second kappa shape index (κ2) is 7.63. The number of carbonyl (C=O) groups is 3. The molecule has 2 heterocycles. The van der Waals surface area contributed by atoms with E-state index in [0.717, 1.165) is 10.7 Å². The van der Waals surface area contributed by atoms with Crippen molar-refractivity contribution in [3.05, 3.63) is 57.8 Å². The molecule has 0 atom stereocenters. The van der Waals surface area contributed by atoms with E-state index in [2.05, 4.69) is 0 Å². The molecule has 7 heteroatoms. The average Bonchev–Trinajstić information content (AvgIpc) is 3.18. The maximum atomic E-state index is 12.1. The molecular weight excluding hydrogens is 346 g/mol. The number of ether oxygens (including phenoxy) is 1. The number of nitrogens with zero attached hydrogens (tertiary/aromatic N) is 1. The monoisotopic (exact) mass is 361 g/mol. The van der Waals surface area contributed by atoms with E-state index in [4.69, 9.17) is 4.74 Å². The fraction of sp³-hybridized carbons (Fsp3) is 0.235. The van der Waals surface area contributed by atoms with Crippen molar-refractivity contribution in [2.45, 2.75) is 5.75 Å². The molecular formula is C17H15NO4S2. The van der Waals surface area contributed by atoms with Gasteiger partial charge in [0, 0.05) is 10.6 Å². The Morgan fingerprint density at radius 2 is 1.79 bits per heavy atom. The number of hydrogen-bond donors (Lipinski definition) is 0. The predicted molar refractivity (Wildman–Crippen MR) is 93.2 cm³/mol. The number of hydrogen-bond acceptors (Lipinski definition) is 6. The molecule has 0 fully saturated rings. The molecule has 5 nitrogen and oxygen atoms in total. The molecule has 0 unspecified atom stereocenters. The van der Waals surface area contributed by atoms with Crippen LogP contribution in [-0.4, -0.2) is 41.6 Å². The molecule has 1 aliphatic rings. The van der Waals surface area contributed by atoms with Gasteiger partial charge in [-0.2, -0.15) is 0 Å². The van der Waals surface area contributed by atoms with E-state index < -0.39 is 0 Å². The Bertz CT molecular complexity index is 723. The number of fused-ring (bicyclic) bond motifs is 1. The first kappa shape index (κ1) is 16.7. The molecule has 1 aromatic heterocycles.